The number of carbonyl (C=O) groups is 1. The lowest BCUT2D eigenvalue weighted by Crippen LogP contribution is -2.46. The number of rotatable bonds is 5. The molecular formula is C21H27F3N4O3S. The van der Waals surface area contributed by atoms with Crippen molar-refractivity contribution in [2.45, 2.75) is 75.7 Å². The predicted molar refractivity (Wildman–Crippen MR) is 112 cm³/mol. The highest BCUT2D eigenvalue weighted by atomic mass is 32.2. The third-order valence-corrected chi connectivity index (χ3v) is 6.94. The number of carbonyl (C=O) groups excluding carboxylic acids is 1. The van der Waals surface area contributed by atoms with Crippen LogP contribution in [0.3, 0.4) is 0 Å². The van der Waals surface area contributed by atoms with Gasteiger partial charge in [0.05, 0.1) is 34.3 Å². The molecule has 0 saturated carbocycles. The number of fused-ring (bicyclic) bond motifs is 1. The fourth-order valence-electron chi connectivity index (χ4n) is 3.87. The number of hydrogen-bond donors (Lipinski definition) is 2. The molecule has 32 heavy (non-hydrogen) atoms. The first-order valence-electron chi connectivity index (χ1n) is 10.3. The number of sulfonamides is 1. The van der Waals surface area contributed by atoms with Gasteiger partial charge in [0, 0.05) is 11.3 Å². The SMILES string of the molecule is C[C@H](NS(=O)(=O)c1ccccc1C(F)(F)F)C(=O)N[C@H]1CCCc2c1cnn2C(C)(C)C. The van der Waals surface area contributed by atoms with Gasteiger partial charge in [0.2, 0.25) is 15.9 Å². The normalized spacial score (nSPS) is 18.2. The number of alkyl halides is 3. The van der Waals surface area contributed by atoms with Crippen molar-refractivity contribution in [1.29, 1.82) is 0 Å². The van der Waals surface area contributed by atoms with Crippen LogP contribution in [-0.2, 0) is 33.0 Å². The second-order valence-electron chi connectivity index (χ2n) is 8.92. The Kier molecular flexibility index (Phi) is 6.45. The molecule has 0 saturated heterocycles. The molecule has 1 aromatic carbocycles. The Morgan fingerprint density at radius 1 is 1.22 bits per heavy atom. The summed E-state index contributed by atoms with van der Waals surface area (Å²) in [6, 6.07) is 2.24. The second kappa shape index (κ2) is 8.51. The van der Waals surface area contributed by atoms with Crippen LogP contribution in [0.1, 0.15) is 63.4 Å². The Hall–Kier alpha value is -2.40. The van der Waals surface area contributed by atoms with Crippen LogP contribution in [0.15, 0.2) is 35.4 Å². The molecule has 0 unspecified atom stereocenters. The first-order valence-corrected chi connectivity index (χ1v) is 11.8. The molecule has 0 aliphatic heterocycles. The van der Waals surface area contributed by atoms with Crippen molar-refractivity contribution >= 4 is 15.9 Å². The average molecular weight is 473 g/mol. The van der Waals surface area contributed by atoms with E-state index in [1.54, 1.807) is 6.20 Å². The van der Waals surface area contributed by atoms with Gasteiger partial charge < -0.3 is 5.32 Å². The van der Waals surface area contributed by atoms with Gasteiger partial charge >= 0.3 is 6.18 Å². The molecule has 1 amide bonds. The quantitative estimate of drug-likeness (QED) is 0.697. The first kappa shape index (κ1) is 24.2. The van der Waals surface area contributed by atoms with Crippen molar-refractivity contribution in [1.82, 2.24) is 19.8 Å². The van der Waals surface area contributed by atoms with Crippen LogP contribution in [0, 0.1) is 0 Å². The zero-order valence-electron chi connectivity index (χ0n) is 18.3. The third kappa shape index (κ3) is 4.98. The summed E-state index contributed by atoms with van der Waals surface area (Å²) in [5, 5.41) is 7.27. The van der Waals surface area contributed by atoms with Crippen LogP contribution in [0.5, 0.6) is 0 Å². The maximum atomic E-state index is 13.2. The van der Waals surface area contributed by atoms with Gasteiger partial charge in [-0.15, -0.1) is 0 Å². The van der Waals surface area contributed by atoms with E-state index in [1.165, 1.54) is 13.0 Å². The fourth-order valence-corrected chi connectivity index (χ4v) is 5.30. The van der Waals surface area contributed by atoms with Gasteiger partial charge in [0.25, 0.3) is 0 Å². The minimum Gasteiger partial charge on any atom is -0.348 e. The van der Waals surface area contributed by atoms with Crippen LogP contribution < -0.4 is 10.0 Å². The molecule has 0 fully saturated rings. The summed E-state index contributed by atoms with van der Waals surface area (Å²) in [4.78, 5) is 11.8. The summed E-state index contributed by atoms with van der Waals surface area (Å²) < 4.78 is 68.9. The van der Waals surface area contributed by atoms with Gasteiger partial charge in [0.1, 0.15) is 0 Å². The van der Waals surface area contributed by atoms with E-state index >= 15 is 0 Å². The molecule has 1 aliphatic rings. The highest BCUT2D eigenvalue weighted by molar-refractivity contribution is 7.89. The topological polar surface area (TPSA) is 93.1 Å². The second-order valence-corrected chi connectivity index (χ2v) is 10.6. The lowest BCUT2D eigenvalue weighted by Gasteiger charge is -2.29. The Labute approximate surface area is 185 Å². The molecule has 3 rings (SSSR count). The van der Waals surface area contributed by atoms with Crippen LogP contribution >= 0.6 is 0 Å². The van der Waals surface area contributed by atoms with Gasteiger partial charge in [-0.2, -0.15) is 23.0 Å². The molecule has 2 N–H and O–H groups in total. The zero-order chi connectivity index (χ0) is 23.9. The molecule has 0 radical (unpaired) electrons. The zero-order valence-corrected chi connectivity index (χ0v) is 19.1. The molecule has 11 heteroatoms. The number of hydrogen-bond acceptors (Lipinski definition) is 4. The molecule has 2 aromatic rings. The molecule has 2 atom stereocenters. The van der Waals surface area contributed by atoms with Crippen molar-refractivity contribution < 1.29 is 26.4 Å². The summed E-state index contributed by atoms with van der Waals surface area (Å²) >= 11 is 0. The number of aromatic nitrogens is 2. The van der Waals surface area contributed by atoms with E-state index in [0.29, 0.717) is 12.5 Å². The number of amides is 1. The molecule has 176 valence electrons. The molecule has 0 bridgehead atoms. The number of halogens is 3. The lowest BCUT2D eigenvalue weighted by molar-refractivity contribution is -0.139. The van der Waals surface area contributed by atoms with E-state index in [0.717, 1.165) is 36.2 Å². The lowest BCUT2D eigenvalue weighted by atomic mass is 9.92. The van der Waals surface area contributed by atoms with Crippen LogP contribution in [0.4, 0.5) is 13.2 Å². The van der Waals surface area contributed by atoms with E-state index in [-0.39, 0.29) is 11.6 Å². The molecular weight excluding hydrogens is 445 g/mol. The number of benzene rings is 1. The van der Waals surface area contributed by atoms with E-state index in [9.17, 15) is 26.4 Å². The minimum atomic E-state index is -4.84. The van der Waals surface area contributed by atoms with Gasteiger partial charge in [-0.1, -0.05) is 12.1 Å². The van der Waals surface area contributed by atoms with Crippen LogP contribution in [-0.4, -0.2) is 30.1 Å². The van der Waals surface area contributed by atoms with Crippen molar-refractivity contribution in [2.24, 2.45) is 0 Å². The number of nitrogens with zero attached hydrogens (tertiary/aromatic N) is 2. The van der Waals surface area contributed by atoms with E-state index < -0.39 is 38.6 Å². The van der Waals surface area contributed by atoms with Gasteiger partial charge in [-0.25, -0.2) is 8.42 Å². The standard InChI is InChI=1S/C21H27F3N4O3S/c1-13(27-32(30,31)18-11-6-5-8-15(18)21(22,23)24)19(29)26-16-9-7-10-17-14(16)12-25-28(17)20(2,3)4/h5-6,8,11-13,16,27H,7,9-10H2,1-4H3,(H,26,29)/t13-,16-/m0/s1. The maximum absolute atomic E-state index is 13.2. The van der Waals surface area contributed by atoms with Crippen molar-refractivity contribution in [3.63, 3.8) is 0 Å². The predicted octanol–water partition coefficient (Wildman–Crippen LogP) is 3.52. The van der Waals surface area contributed by atoms with Crippen LogP contribution in [0.25, 0.3) is 0 Å². The molecule has 1 aliphatic carbocycles. The van der Waals surface area contributed by atoms with Gasteiger partial charge in [0.15, 0.2) is 0 Å². The molecule has 7 nitrogen and oxygen atoms in total. The average Bonchev–Trinajstić information content (AvgIpc) is 3.12. The Morgan fingerprint density at radius 2 is 1.88 bits per heavy atom. The van der Waals surface area contributed by atoms with Gasteiger partial charge in [-0.3, -0.25) is 9.48 Å². The highest BCUT2D eigenvalue weighted by Crippen LogP contribution is 2.34. The summed E-state index contributed by atoms with van der Waals surface area (Å²) in [6.45, 7) is 7.37. The third-order valence-electron chi connectivity index (χ3n) is 5.34. The van der Waals surface area contributed by atoms with E-state index in [1.807, 2.05) is 25.5 Å². The van der Waals surface area contributed by atoms with Gasteiger partial charge in [-0.05, 0) is 59.1 Å². The van der Waals surface area contributed by atoms with Crippen LogP contribution in [0.2, 0.25) is 0 Å². The monoisotopic (exact) mass is 472 g/mol. The molecule has 1 aromatic heterocycles. The first-order chi connectivity index (χ1) is 14.7. The van der Waals surface area contributed by atoms with E-state index in [4.69, 9.17) is 0 Å². The summed E-state index contributed by atoms with van der Waals surface area (Å²) in [5.41, 5.74) is 0.374. The minimum absolute atomic E-state index is 0.228. The molecule has 1 heterocycles. The van der Waals surface area contributed by atoms with E-state index in [2.05, 4.69) is 15.1 Å². The largest absolute Gasteiger partial charge is 0.417 e. The van der Waals surface area contributed by atoms with Crippen molar-refractivity contribution in [2.75, 3.05) is 0 Å². The Balaban J connectivity index is 1.77. The molecule has 0 spiro atoms. The number of nitrogens with one attached hydrogen (secondary N) is 2. The smallest absolute Gasteiger partial charge is 0.348 e. The summed E-state index contributed by atoms with van der Waals surface area (Å²) in [5.74, 6) is -0.626. The summed E-state index contributed by atoms with van der Waals surface area (Å²) in [7, 11) is -4.58. The fraction of sp³-hybridized carbons (Fsp3) is 0.524. The van der Waals surface area contributed by atoms with Crippen molar-refractivity contribution in [3.05, 3.63) is 47.3 Å². The van der Waals surface area contributed by atoms with Crippen molar-refractivity contribution in [3.8, 4) is 0 Å². The summed E-state index contributed by atoms with van der Waals surface area (Å²) in [6.07, 6.45) is -0.846. The maximum Gasteiger partial charge on any atom is 0.417 e. The Bertz CT molecular complexity index is 1100. The highest BCUT2D eigenvalue weighted by Gasteiger charge is 2.38. The Morgan fingerprint density at radius 3 is 2.50 bits per heavy atom.